The van der Waals surface area contributed by atoms with Crippen molar-refractivity contribution in [2.45, 2.75) is 19.8 Å². The number of aromatic nitrogens is 2. The van der Waals surface area contributed by atoms with Crippen LogP contribution < -0.4 is 4.72 Å². The van der Waals surface area contributed by atoms with Gasteiger partial charge in [0.25, 0.3) is 5.91 Å². The van der Waals surface area contributed by atoms with E-state index >= 15 is 0 Å². The molecule has 9 heteroatoms. The summed E-state index contributed by atoms with van der Waals surface area (Å²) in [7, 11) is -3.26. The van der Waals surface area contributed by atoms with E-state index in [1.807, 2.05) is 49.4 Å². The van der Waals surface area contributed by atoms with Gasteiger partial charge in [-0.2, -0.15) is 5.10 Å². The third kappa shape index (κ3) is 5.05. The molecule has 1 aliphatic rings. The van der Waals surface area contributed by atoms with Crippen molar-refractivity contribution >= 4 is 15.9 Å². The molecule has 1 aliphatic heterocycles. The number of amides is 1. The van der Waals surface area contributed by atoms with Crippen LogP contribution in [0.5, 0.6) is 0 Å². The Balaban J connectivity index is 1.63. The molecule has 3 heterocycles. The van der Waals surface area contributed by atoms with Crippen LogP contribution in [0.3, 0.4) is 0 Å². The second-order valence-electron chi connectivity index (χ2n) is 7.96. The molecule has 0 spiro atoms. The van der Waals surface area contributed by atoms with Crippen LogP contribution in [0.25, 0.3) is 17.1 Å². The quantitative estimate of drug-likeness (QED) is 0.633. The van der Waals surface area contributed by atoms with E-state index in [2.05, 4.69) is 9.82 Å². The van der Waals surface area contributed by atoms with Crippen LogP contribution in [0.2, 0.25) is 0 Å². The van der Waals surface area contributed by atoms with Gasteiger partial charge in [0, 0.05) is 25.8 Å². The average Bonchev–Trinajstić information content (AvgIpc) is 3.38. The van der Waals surface area contributed by atoms with Gasteiger partial charge >= 0.3 is 0 Å². The number of sulfonamides is 1. The molecular weight excluding hydrogens is 416 g/mol. The van der Waals surface area contributed by atoms with Crippen LogP contribution in [-0.4, -0.2) is 54.9 Å². The van der Waals surface area contributed by atoms with Gasteiger partial charge < -0.3 is 9.32 Å². The summed E-state index contributed by atoms with van der Waals surface area (Å²) in [6.45, 7) is 3.30. The topological polar surface area (TPSA) is 97.4 Å². The van der Waals surface area contributed by atoms with Crippen LogP contribution in [0.15, 0.2) is 53.1 Å². The zero-order valence-corrected chi connectivity index (χ0v) is 18.4. The number of carbonyl (C=O) groups is 1. The number of benzene rings is 1. The molecule has 164 valence electrons. The Morgan fingerprint density at radius 3 is 2.68 bits per heavy atom. The third-order valence-electron chi connectivity index (χ3n) is 5.38. The molecular formula is C22H26N4O4S. The number of rotatable bonds is 6. The molecule has 0 aliphatic carbocycles. The maximum Gasteiger partial charge on any atom is 0.257 e. The Labute approximate surface area is 181 Å². The van der Waals surface area contributed by atoms with Gasteiger partial charge in [-0.3, -0.25) is 4.79 Å². The summed E-state index contributed by atoms with van der Waals surface area (Å²) in [5, 5.41) is 4.65. The summed E-state index contributed by atoms with van der Waals surface area (Å²) in [4.78, 5) is 15.3. The van der Waals surface area contributed by atoms with E-state index in [0.717, 1.165) is 30.5 Å². The fourth-order valence-corrected chi connectivity index (χ4v) is 4.38. The maximum absolute atomic E-state index is 13.5. The SMILES string of the molecule is Cc1ccc(-c2nn(-c3ccccc3)cc2C(=O)N2CCCC(CNS(C)(=O)=O)C2)o1. The van der Waals surface area contributed by atoms with E-state index in [-0.39, 0.29) is 11.8 Å². The van der Waals surface area contributed by atoms with Crippen LogP contribution >= 0.6 is 0 Å². The van der Waals surface area contributed by atoms with Gasteiger partial charge in [-0.15, -0.1) is 0 Å². The molecule has 0 saturated carbocycles. The molecule has 1 unspecified atom stereocenters. The molecule has 1 amide bonds. The number of hydrogen-bond acceptors (Lipinski definition) is 5. The largest absolute Gasteiger partial charge is 0.460 e. The van der Waals surface area contributed by atoms with Crippen molar-refractivity contribution in [2.75, 3.05) is 25.9 Å². The monoisotopic (exact) mass is 442 g/mol. The zero-order chi connectivity index (χ0) is 22.0. The van der Waals surface area contributed by atoms with Crippen LogP contribution in [0, 0.1) is 12.8 Å². The van der Waals surface area contributed by atoms with Crippen LogP contribution in [0.4, 0.5) is 0 Å². The van der Waals surface area contributed by atoms with E-state index < -0.39 is 10.0 Å². The van der Waals surface area contributed by atoms with Crippen molar-refractivity contribution < 1.29 is 17.6 Å². The van der Waals surface area contributed by atoms with E-state index in [9.17, 15) is 13.2 Å². The number of hydrogen-bond donors (Lipinski definition) is 1. The lowest BCUT2D eigenvalue weighted by Gasteiger charge is -2.32. The lowest BCUT2D eigenvalue weighted by molar-refractivity contribution is 0.0677. The van der Waals surface area contributed by atoms with Gasteiger partial charge in [-0.25, -0.2) is 17.8 Å². The van der Waals surface area contributed by atoms with Crippen LogP contribution in [0.1, 0.15) is 29.0 Å². The fourth-order valence-electron chi connectivity index (χ4n) is 3.84. The van der Waals surface area contributed by atoms with Gasteiger partial charge in [0.05, 0.1) is 17.5 Å². The molecule has 4 rings (SSSR count). The van der Waals surface area contributed by atoms with Gasteiger partial charge in [0.15, 0.2) is 5.76 Å². The standard InChI is InChI=1S/C22H26N4O4S/c1-16-10-11-20(30-16)21-19(15-26(24-21)18-8-4-3-5-9-18)22(27)25-12-6-7-17(14-25)13-23-31(2,28)29/h3-5,8-11,15,17,23H,6-7,12-14H2,1-2H3. The van der Waals surface area contributed by atoms with Gasteiger partial charge in [-0.1, -0.05) is 18.2 Å². The molecule has 31 heavy (non-hydrogen) atoms. The van der Waals surface area contributed by atoms with Gasteiger partial charge in [-0.05, 0) is 49.9 Å². The second kappa shape index (κ2) is 8.68. The minimum atomic E-state index is -3.26. The summed E-state index contributed by atoms with van der Waals surface area (Å²) in [5.41, 5.74) is 1.81. The minimum absolute atomic E-state index is 0.0749. The van der Waals surface area contributed by atoms with E-state index in [1.54, 1.807) is 15.8 Å². The minimum Gasteiger partial charge on any atom is -0.460 e. The van der Waals surface area contributed by atoms with Gasteiger partial charge in [0.1, 0.15) is 11.5 Å². The lowest BCUT2D eigenvalue weighted by Crippen LogP contribution is -2.43. The predicted octanol–water partition coefficient (Wildman–Crippen LogP) is 2.84. The smallest absolute Gasteiger partial charge is 0.257 e. The van der Waals surface area contributed by atoms with E-state index in [1.165, 1.54) is 0 Å². The first-order valence-electron chi connectivity index (χ1n) is 10.3. The fraction of sp³-hybridized carbons (Fsp3) is 0.364. The molecule has 3 aromatic rings. The first kappa shape index (κ1) is 21.3. The van der Waals surface area contributed by atoms with Crippen LogP contribution in [-0.2, 0) is 10.0 Å². The van der Waals surface area contributed by atoms with E-state index in [0.29, 0.717) is 36.7 Å². The third-order valence-corrected chi connectivity index (χ3v) is 6.07. The van der Waals surface area contributed by atoms with Crippen molar-refractivity contribution in [3.63, 3.8) is 0 Å². The molecule has 1 N–H and O–H groups in total. The molecule has 8 nitrogen and oxygen atoms in total. The van der Waals surface area contributed by atoms with E-state index in [4.69, 9.17) is 4.42 Å². The molecule has 1 atom stereocenters. The number of likely N-dealkylation sites (tertiary alicyclic amines) is 1. The first-order valence-corrected chi connectivity index (χ1v) is 12.1. The second-order valence-corrected chi connectivity index (χ2v) is 9.79. The Hall–Kier alpha value is -2.91. The maximum atomic E-state index is 13.5. The Kier molecular flexibility index (Phi) is 5.97. The van der Waals surface area contributed by atoms with Crippen molar-refractivity contribution in [3.05, 3.63) is 60.0 Å². The molecule has 2 aromatic heterocycles. The molecule has 1 aromatic carbocycles. The van der Waals surface area contributed by atoms with Crippen molar-refractivity contribution in [1.29, 1.82) is 0 Å². The number of furan rings is 1. The number of para-hydroxylation sites is 1. The van der Waals surface area contributed by atoms with Crippen molar-refractivity contribution in [3.8, 4) is 17.1 Å². The summed E-state index contributed by atoms with van der Waals surface area (Å²) in [6.07, 6.45) is 4.58. The number of aryl methyl sites for hydroxylation is 1. The zero-order valence-electron chi connectivity index (χ0n) is 17.6. The number of nitrogens with one attached hydrogen (secondary N) is 1. The summed E-state index contributed by atoms with van der Waals surface area (Å²) in [5.74, 6) is 1.23. The first-order chi connectivity index (χ1) is 14.8. The summed E-state index contributed by atoms with van der Waals surface area (Å²) < 4.78 is 32.9. The highest BCUT2D eigenvalue weighted by Crippen LogP contribution is 2.28. The number of nitrogens with zero attached hydrogens (tertiary/aromatic N) is 3. The van der Waals surface area contributed by atoms with Crippen molar-refractivity contribution in [1.82, 2.24) is 19.4 Å². The number of carbonyl (C=O) groups excluding carboxylic acids is 1. The Morgan fingerprint density at radius 1 is 1.23 bits per heavy atom. The number of piperidine rings is 1. The predicted molar refractivity (Wildman–Crippen MR) is 117 cm³/mol. The molecule has 1 saturated heterocycles. The highest BCUT2D eigenvalue weighted by molar-refractivity contribution is 7.88. The van der Waals surface area contributed by atoms with Crippen molar-refractivity contribution in [2.24, 2.45) is 5.92 Å². The lowest BCUT2D eigenvalue weighted by atomic mass is 9.97. The highest BCUT2D eigenvalue weighted by Gasteiger charge is 2.29. The Morgan fingerprint density at radius 2 is 2.00 bits per heavy atom. The average molecular weight is 443 g/mol. The summed E-state index contributed by atoms with van der Waals surface area (Å²) >= 11 is 0. The molecule has 0 bridgehead atoms. The van der Waals surface area contributed by atoms with Gasteiger partial charge in [0.2, 0.25) is 10.0 Å². The summed E-state index contributed by atoms with van der Waals surface area (Å²) in [6, 6.07) is 13.3. The Bertz CT molecular complexity index is 1170. The molecule has 0 radical (unpaired) electrons. The highest BCUT2D eigenvalue weighted by atomic mass is 32.2. The molecule has 1 fully saturated rings. The normalized spacial score (nSPS) is 17.1.